The molecule has 0 bridgehead atoms. The Morgan fingerprint density at radius 1 is 1.20 bits per heavy atom. The Hall–Kier alpha value is -0.120. The number of β-amino-alcohol motifs (C(OH)–C–C–N with tert-alkyl or cyclic N) is 1. The summed E-state index contributed by atoms with van der Waals surface area (Å²) in [5.41, 5.74) is -0.364. The van der Waals surface area contributed by atoms with Crippen LogP contribution in [0.5, 0.6) is 0 Å². The van der Waals surface area contributed by atoms with Gasteiger partial charge in [-0.1, -0.05) is 19.3 Å². The quantitative estimate of drug-likeness (QED) is 0.745. The lowest BCUT2D eigenvalue weighted by atomic mass is 9.84. The van der Waals surface area contributed by atoms with Gasteiger partial charge in [0.25, 0.3) is 0 Å². The summed E-state index contributed by atoms with van der Waals surface area (Å²) >= 11 is 0. The average molecular weight is 213 g/mol. The number of aliphatic hydroxyl groups is 1. The zero-order valence-corrected chi connectivity index (χ0v) is 9.72. The number of nitrogens with one attached hydrogen (secondary N) is 1. The molecule has 3 nitrogen and oxygen atoms in total. The summed E-state index contributed by atoms with van der Waals surface area (Å²) in [6, 6.07) is 0. The van der Waals surface area contributed by atoms with Crippen LogP contribution in [0.3, 0.4) is 0 Å². The third-order valence-corrected chi connectivity index (χ3v) is 3.85. The van der Waals surface area contributed by atoms with E-state index in [-0.39, 0.29) is 5.54 Å². The predicted molar refractivity (Wildman–Crippen MR) is 59.9 cm³/mol. The molecule has 2 rings (SSSR count). The van der Waals surface area contributed by atoms with Crippen LogP contribution in [0.2, 0.25) is 0 Å². The van der Waals surface area contributed by atoms with Gasteiger partial charge in [0.05, 0.1) is 12.2 Å². The topological polar surface area (TPSA) is 41.5 Å². The summed E-state index contributed by atoms with van der Waals surface area (Å²) < 4.78 is 5.39. The van der Waals surface area contributed by atoms with E-state index in [2.05, 4.69) is 12.2 Å². The molecule has 0 spiro atoms. The van der Waals surface area contributed by atoms with Crippen molar-refractivity contribution in [3.05, 3.63) is 0 Å². The minimum atomic E-state index is -0.455. The van der Waals surface area contributed by atoms with Gasteiger partial charge in [-0.05, 0) is 26.2 Å². The van der Waals surface area contributed by atoms with E-state index < -0.39 is 5.60 Å². The van der Waals surface area contributed by atoms with Gasteiger partial charge in [0.1, 0.15) is 0 Å². The second-order valence-electron chi connectivity index (χ2n) is 5.50. The SMILES string of the molecule is CC1(NCC2(O)CCCCC2)CCOC1. The predicted octanol–water partition coefficient (Wildman–Crippen LogP) is 1.45. The highest BCUT2D eigenvalue weighted by Crippen LogP contribution is 2.28. The van der Waals surface area contributed by atoms with Crippen molar-refractivity contribution in [2.24, 2.45) is 0 Å². The van der Waals surface area contributed by atoms with Crippen molar-refractivity contribution in [1.82, 2.24) is 5.32 Å². The second-order valence-corrected chi connectivity index (χ2v) is 5.50. The second kappa shape index (κ2) is 4.40. The number of hydrogen-bond donors (Lipinski definition) is 2. The molecule has 0 aromatic rings. The molecule has 88 valence electrons. The van der Waals surface area contributed by atoms with Gasteiger partial charge < -0.3 is 15.2 Å². The van der Waals surface area contributed by atoms with Crippen LogP contribution in [0.1, 0.15) is 45.4 Å². The summed E-state index contributed by atoms with van der Waals surface area (Å²) in [5, 5.41) is 13.8. The Labute approximate surface area is 92.2 Å². The van der Waals surface area contributed by atoms with Crippen LogP contribution in [0, 0.1) is 0 Å². The van der Waals surface area contributed by atoms with Crippen molar-refractivity contribution in [1.29, 1.82) is 0 Å². The molecule has 2 N–H and O–H groups in total. The first-order chi connectivity index (χ1) is 7.12. The molecule has 15 heavy (non-hydrogen) atoms. The molecule has 1 saturated heterocycles. The first kappa shape index (κ1) is 11.4. The van der Waals surface area contributed by atoms with Gasteiger partial charge in [-0.2, -0.15) is 0 Å². The maximum atomic E-state index is 10.3. The molecule has 1 aliphatic heterocycles. The number of hydrogen-bond acceptors (Lipinski definition) is 3. The first-order valence-electron chi connectivity index (χ1n) is 6.17. The standard InChI is InChI=1S/C12H23NO2/c1-11(7-8-15-10-11)13-9-12(14)5-3-2-4-6-12/h13-14H,2-10H2,1H3. The van der Waals surface area contributed by atoms with Crippen LogP contribution < -0.4 is 5.32 Å². The van der Waals surface area contributed by atoms with Crippen molar-refractivity contribution >= 4 is 0 Å². The van der Waals surface area contributed by atoms with Gasteiger partial charge in [0, 0.05) is 18.7 Å². The van der Waals surface area contributed by atoms with E-state index >= 15 is 0 Å². The number of ether oxygens (including phenoxy) is 1. The Bertz CT molecular complexity index is 206. The summed E-state index contributed by atoms with van der Waals surface area (Å²) in [7, 11) is 0. The molecule has 1 unspecified atom stereocenters. The fourth-order valence-corrected chi connectivity index (χ4v) is 2.57. The summed E-state index contributed by atoms with van der Waals surface area (Å²) in [5.74, 6) is 0. The van der Waals surface area contributed by atoms with E-state index in [1.165, 1.54) is 19.3 Å². The maximum absolute atomic E-state index is 10.3. The van der Waals surface area contributed by atoms with Gasteiger partial charge in [-0.25, -0.2) is 0 Å². The van der Waals surface area contributed by atoms with Crippen LogP contribution in [0.25, 0.3) is 0 Å². The van der Waals surface area contributed by atoms with Crippen molar-refractivity contribution < 1.29 is 9.84 Å². The minimum Gasteiger partial charge on any atom is -0.389 e. The van der Waals surface area contributed by atoms with E-state index in [9.17, 15) is 5.11 Å². The largest absolute Gasteiger partial charge is 0.389 e. The number of rotatable bonds is 3. The zero-order valence-electron chi connectivity index (χ0n) is 9.72. The van der Waals surface area contributed by atoms with Crippen molar-refractivity contribution in [3.63, 3.8) is 0 Å². The molecule has 0 aromatic heterocycles. The Balaban J connectivity index is 1.80. The molecular formula is C12H23NO2. The molecule has 1 atom stereocenters. The first-order valence-corrected chi connectivity index (χ1v) is 6.17. The fraction of sp³-hybridized carbons (Fsp3) is 1.00. The maximum Gasteiger partial charge on any atom is 0.0771 e. The molecule has 3 heteroatoms. The average Bonchev–Trinajstić information content (AvgIpc) is 2.65. The fourth-order valence-electron chi connectivity index (χ4n) is 2.57. The van der Waals surface area contributed by atoms with Gasteiger partial charge in [0.2, 0.25) is 0 Å². The molecule has 0 aromatic carbocycles. The van der Waals surface area contributed by atoms with Crippen LogP contribution in [0.15, 0.2) is 0 Å². The van der Waals surface area contributed by atoms with E-state index in [1.807, 2.05) is 0 Å². The van der Waals surface area contributed by atoms with Crippen LogP contribution in [-0.2, 0) is 4.74 Å². The van der Waals surface area contributed by atoms with Crippen LogP contribution in [0.4, 0.5) is 0 Å². The third-order valence-electron chi connectivity index (χ3n) is 3.85. The summed E-state index contributed by atoms with van der Waals surface area (Å²) in [6.45, 7) is 4.55. The molecule has 0 radical (unpaired) electrons. The lowest BCUT2D eigenvalue weighted by Crippen LogP contribution is -2.51. The Morgan fingerprint density at radius 3 is 2.53 bits per heavy atom. The van der Waals surface area contributed by atoms with Crippen molar-refractivity contribution in [2.75, 3.05) is 19.8 Å². The highest BCUT2D eigenvalue weighted by atomic mass is 16.5. The molecule has 2 aliphatic rings. The van der Waals surface area contributed by atoms with Crippen molar-refractivity contribution in [2.45, 2.75) is 56.6 Å². The minimum absolute atomic E-state index is 0.0905. The van der Waals surface area contributed by atoms with Crippen LogP contribution >= 0.6 is 0 Å². The lowest BCUT2D eigenvalue weighted by molar-refractivity contribution is -0.00195. The molecule has 0 amide bonds. The normalized spacial score (nSPS) is 35.6. The Kier molecular flexibility index (Phi) is 3.33. The molecule has 1 saturated carbocycles. The van der Waals surface area contributed by atoms with Gasteiger partial charge >= 0.3 is 0 Å². The van der Waals surface area contributed by atoms with Gasteiger partial charge in [-0.3, -0.25) is 0 Å². The van der Waals surface area contributed by atoms with Gasteiger partial charge in [0.15, 0.2) is 0 Å². The smallest absolute Gasteiger partial charge is 0.0771 e. The van der Waals surface area contributed by atoms with E-state index in [1.54, 1.807) is 0 Å². The molecule has 1 aliphatic carbocycles. The summed E-state index contributed by atoms with van der Waals surface area (Å²) in [4.78, 5) is 0. The molecular weight excluding hydrogens is 190 g/mol. The van der Waals surface area contributed by atoms with E-state index in [0.29, 0.717) is 0 Å². The van der Waals surface area contributed by atoms with E-state index in [4.69, 9.17) is 4.74 Å². The molecule has 2 fully saturated rings. The Morgan fingerprint density at radius 2 is 1.93 bits per heavy atom. The summed E-state index contributed by atoms with van der Waals surface area (Å²) in [6.07, 6.45) is 6.59. The van der Waals surface area contributed by atoms with Crippen LogP contribution in [-0.4, -0.2) is 36.0 Å². The highest BCUT2D eigenvalue weighted by molar-refractivity contribution is 4.92. The zero-order chi connectivity index (χ0) is 10.8. The molecule has 1 heterocycles. The third kappa shape index (κ3) is 2.92. The van der Waals surface area contributed by atoms with Crippen molar-refractivity contribution in [3.8, 4) is 0 Å². The van der Waals surface area contributed by atoms with Gasteiger partial charge in [-0.15, -0.1) is 0 Å². The monoisotopic (exact) mass is 213 g/mol. The lowest BCUT2D eigenvalue weighted by Gasteiger charge is -2.35. The van der Waals surface area contributed by atoms with E-state index in [0.717, 1.165) is 39.0 Å². The highest BCUT2D eigenvalue weighted by Gasteiger charge is 2.34.